The minimum atomic E-state index is -3.10. The van der Waals surface area contributed by atoms with E-state index in [2.05, 4.69) is 11.4 Å². The molecule has 0 aromatic carbocycles. The second kappa shape index (κ2) is 5.78. The number of nitrogens with one attached hydrogen (secondary N) is 1. The van der Waals surface area contributed by atoms with Crippen LogP contribution in [0.5, 0.6) is 0 Å². The van der Waals surface area contributed by atoms with Crippen LogP contribution in [-0.2, 0) is 14.6 Å². The molecule has 1 N–H and O–H groups in total. The molecule has 0 aromatic heterocycles. The largest absolute Gasteiger partial charge is 0.444 e. The van der Waals surface area contributed by atoms with Crippen LogP contribution in [0.3, 0.4) is 0 Å². The van der Waals surface area contributed by atoms with Gasteiger partial charge in [0.15, 0.2) is 9.84 Å². The van der Waals surface area contributed by atoms with E-state index in [4.69, 9.17) is 10.00 Å². The molecule has 1 aliphatic rings. The van der Waals surface area contributed by atoms with E-state index in [1.165, 1.54) is 0 Å². The first kappa shape index (κ1) is 15.8. The molecule has 0 radical (unpaired) electrons. The standard InChI is InChI=1S/C12H20N2O4S/c1-12(2,3)18-11(15)14-7-10-8-19(16,17)5-4-9(10)6-13/h9-10H,4-5,7-8H2,1-3H3,(H,14,15)/t9-,10+/m0/s1. The van der Waals surface area contributed by atoms with Crippen molar-refractivity contribution in [2.24, 2.45) is 11.8 Å². The van der Waals surface area contributed by atoms with Crippen LogP contribution in [0.15, 0.2) is 0 Å². The molecule has 19 heavy (non-hydrogen) atoms. The summed E-state index contributed by atoms with van der Waals surface area (Å²) in [5.41, 5.74) is -0.600. The first-order chi connectivity index (χ1) is 8.63. The van der Waals surface area contributed by atoms with Gasteiger partial charge in [-0.3, -0.25) is 0 Å². The maximum absolute atomic E-state index is 11.5. The van der Waals surface area contributed by atoms with Crippen LogP contribution in [-0.4, -0.2) is 38.2 Å². The number of nitriles is 1. The van der Waals surface area contributed by atoms with Gasteiger partial charge in [-0.15, -0.1) is 0 Å². The van der Waals surface area contributed by atoms with E-state index in [1.54, 1.807) is 20.8 Å². The van der Waals surface area contributed by atoms with Crippen LogP contribution >= 0.6 is 0 Å². The summed E-state index contributed by atoms with van der Waals surface area (Å²) in [6, 6.07) is 2.11. The van der Waals surface area contributed by atoms with Crippen molar-refractivity contribution in [2.75, 3.05) is 18.1 Å². The van der Waals surface area contributed by atoms with Gasteiger partial charge in [0.05, 0.1) is 23.5 Å². The van der Waals surface area contributed by atoms with E-state index in [-0.39, 0.29) is 29.9 Å². The summed E-state index contributed by atoms with van der Waals surface area (Å²) >= 11 is 0. The van der Waals surface area contributed by atoms with Crippen LogP contribution < -0.4 is 5.32 Å². The number of alkyl carbamates (subject to hydrolysis) is 1. The molecule has 1 heterocycles. The zero-order valence-corrected chi connectivity index (χ0v) is 12.3. The van der Waals surface area contributed by atoms with Crippen molar-refractivity contribution in [2.45, 2.75) is 32.8 Å². The van der Waals surface area contributed by atoms with Crippen molar-refractivity contribution >= 4 is 15.9 Å². The Kier molecular flexibility index (Phi) is 4.80. The SMILES string of the molecule is CC(C)(C)OC(=O)NC[C@@H]1CS(=O)(=O)CC[C@H]1C#N. The highest BCUT2D eigenvalue weighted by Gasteiger charge is 2.33. The molecule has 7 heteroatoms. The Morgan fingerprint density at radius 1 is 1.47 bits per heavy atom. The predicted octanol–water partition coefficient (Wildman–Crippen LogP) is 1.09. The van der Waals surface area contributed by atoms with E-state index in [0.717, 1.165) is 0 Å². The molecule has 0 aromatic rings. The molecular formula is C12H20N2O4S. The number of carbonyl (C=O) groups excluding carboxylic acids is 1. The van der Waals surface area contributed by atoms with Gasteiger partial charge in [-0.05, 0) is 27.2 Å². The predicted molar refractivity (Wildman–Crippen MR) is 70.1 cm³/mol. The second-order valence-electron chi connectivity index (χ2n) is 5.78. The first-order valence-corrected chi connectivity index (χ1v) is 8.02. The van der Waals surface area contributed by atoms with E-state index in [9.17, 15) is 13.2 Å². The van der Waals surface area contributed by atoms with Gasteiger partial charge in [-0.1, -0.05) is 0 Å². The van der Waals surface area contributed by atoms with Crippen LogP contribution in [0.25, 0.3) is 0 Å². The zero-order chi connectivity index (χ0) is 14.7. The molecular weight excluding hydrogens is 268 g/mol. The fourth-order valence-electron chi connectivity index (χ4n) is 1.97. The molecule has 2 atom stereocenters. The van der Waals surface area contributed by atoms with E-state index >= 15 is 0 Å². The Morgan fingerprint density at radius 2 is 2.11 bits per heavy atom. The van der Waals surface area contributed by atoms with Gasteiger partial charge in [-0.25, -0.2) is 13.2 Å². The first-order valence-electron chi connectivity index (χ1n) is 6.20. The van der Waals surface area contributed by atoms with Crippen LogP contribution in [0.4, 0.5) is 4.79 Å². The van der Waals surface area contributed by atoms with Gasteiger partial charge >= 0.3 is 6.09 Å². The number of amides is 1. The molecule has 0 bridgehead atoms. The summed E-state index contributed by atoms with van der Waals surface area (Å²) in [6.07, 6.45) is -0.258. The summed E-state index contributed by atoms with van der Waals surface area (Å²) < 4.78 is 28.2. The quantitative estimate of drug-likeness (QED) is 0.820. The van der Waals surface area contributed by atoms with Crippen LogP contribution in [0.2, 0.25) is 0 Å². The monoisotopic (exact) mass is 288 g/mol. The number of hydrogen-bond acceptors (Lipinski definition) is 5. The summed E-state index contributed by atoms with van der Waals surface area (Å²) in [5.74, 6) is -0.704. The molecule has 0 saturated carbocycles. The molecule has 1 aliphatic heterocycles. The van der Waals surface area contributed by atoms with Crippen molar-refractivity contribution in [1.29, 1.82) is 5.26 Å². The lowest BCUT2D eigenvalue weighted by Gasteiger charge is -2.27. The smallest absolute Gasteiger partial charge is 0.407 e. The Morgan fingerprint density at radius 3 is 2.63 bits per heavy atom. The third-order valence-corrected chi connectivity index (χ3v) is 4.64. The summed E-state index contributed by atoms with van der Waals surface area (Å²) in [6.45, 7) is 5.38. The molecule has 0 spiro atoms. The molecule has 1 rings (SSSR count). The van der Waals surface area contributed by atoms with Gasteiger partial charge < -0.3 is 10.1 Å². The molecule has 0 unspecified atom stereocenters. The molecule has 108 valence electrons. The number of hydrogen-bond donors (Lipinski definition) is 1. The van der Waals surface area contributed by atoms with Crippen LogP contribution in [0, 0.1) is 23.2 Å². The summed E-state index contributed by atoms with van der Waals surface area (Å²) in [7, 11) is -3.10. The lowest BCUT2D eigenvalue weighted by Crippen LogP contribution is -2.41. The molecule has 0 aliphatic carbocycles. The lowest BCUT2D eigenvalue weighted by molar-refractivity contribution is 0.0517. The van der Waals surface area contributed by atoms with Gasteiger partial charge in [0.25, 0.3) is 0 Å². The molecule has 1 fully saturated rings. The highest BCUT2D eigenvalue weighted by molar-refractivity contribution is 7.91. The van der Waals surface area contributed by atoms with Gasteiger partial charge in [0.2, 0.25) is 0 Å². The topological polar surface area (TPSA) is 96.3 Å². The third-order valence-electron chi connectivity index (χ3n) is 2.85. The van der Waals surface area contributed by atoms with Crippen molar-refractivity contribution in [3.63, 3.8) is 0 Å². The highest BCUT2D eigenvalue weighted by Crippen LogP contribution is 2.24. The Bertz CT molecular complexity index is 473. The Balaban J connectivity index is 2.55. The van der Waals surface area contributed by atoms with Gasteiger partial charge in [-0.2, -0.15) is 5.26 Å². The normalized spacial score (nSPS) is 26.2. The average molecular weight is 288 g/mol. The lowest BCUT2D eigenvalue weighted by atomic mass is 9.92. The highest BCUT2D eigenvalue weighted by atomic mass is 32.2. The molecule has 6 nitrogen and oxygen atoms in total. The number of nitrogens with zero attached hydrogens (tertiary/aromatic N) is 1. The number of sulfone groups is 1. The Hall–Kier alpha value is -1.29. The van der Waals surface area contributed by atoms with E-state index < -0.39 is 21.5 Å². The minimum Gasteiger partial charge on any atom is -0.444 e. The summed E-state index contributed by atoms with van der Waals surface area (Å²) in [4.78, 5) is 11.5. The van der Waals surface area contributed by atoms with Gasteiger partial charge in [0, 0.05) is 12.5 Å². The number of ether oxygens (including phenoxy) is 1. The molecule has 1 amide bonds. The molecule has 1 saturated heterocycles. The second-order valence-corrected chi connectivity index (χ2v) is 8.01. The number of carbonyl (C=O) groups is 1. The van der Waals surface area contributed by atoms with Gasteiger partial charge in [0.1, 0.15) is 5.60 Å². The summed E-state index contributed by atoms with van der Waals surface area (Å²) in [5, 5.41) is 11.5. The van der Waals surface area contributed by atoms with Crippen molar-refractivity contribution in [1.82, 2.24) is 5.32 Å². The number of rotatable bonds is 2. The van der Waals surface area contributed by atoms with E-state index in [0.29, 0.717) is 6.42 Å². The third kappa shape index (κ3) is 5.47. The zero-order valence-electron chi connectivity index (χ0n) is 11.5. The van der Waals surface area contributed by atoms with Crippen molar-refractivity contribution in [3.8, 4) is 6.07 Å². The minimum absolute atomic E-state index is 0.0498. The maximum Gasteiger partial charge on any atom is 0.407 e. The van der Waals surface area contributed by atoms with Crippen molar-refractivity contribution < 1.29 is 17.9 Å². The van der Waals surface area contributed by atoms with Crippen molar-refractivity contribution in [3.05, 3.63) is 0 Å². The van der Waals surface area contributed by atoms with E-state index in [1.807, 2.05) is 0 Å². The van der Waals surface area contributed by atoms with Crippen LogP contribution in [0.1, 0.15) is 27.2 Å². The average Bonchev–Trinajstić information content (AvgIpc) is 2.23. The fraction of sp³-hybridized carbons (Fsp3) is 0.833. The fourth-order valence-corrected chi connectivity index (χ4v) is 3.75. The Labute approximate surface area is 114 Å². The maximum atomic E-state index is 11.5.